The Bertz CT molecular complexity index is 837. The predicted octanol–water partition coefficient (Wildman–Crippen LogP) is 5.45. The van der Waals surface area contributed by atoms with Crippen molar-refractivity contribution in [2.45, 2.75) is 12.8 Å². The third-order valence-electron chi connectivity index (χ3n) is 4.11. The Balaban J connectivity index is 1.59. The number of carbonyl (C=O) groups is 1. The Kier molecular flexibility index (Phi) is 5.43. The Morgan fingerprint density at radius 3 is 2.28 bits per heavy atom. The van der Waals surface area contributed by atoms with Crippen LogP contribution in [0, 0.1) is 0 Å². The maximum atomic E-state index is 12.2. The van der Waals surface area contributed by atoms with E-state index in [9.17, 15) is 9.90 Å². The van der Waals surface area contributed by atoms with Crippen molar-refractivity contribution in [3.63, 3.8) is 0 Å². The molecule has 0 aromatic heterocycles. The highest BCUT2D eigenvalue weighted by molar-refractivity contribution is 6.06. The molecular formula is C23H20O2. The number of benzene rings is 2. The summed E-state index contributed by atoms with van der Waals surface area (Å²) >= 11 is 0. The summed E-state index contributed by atoms with van der Waals surface area (Å²) in [7, 11) is 0. The van der Waals surface area contributed by atoms with E-state index in [1.807, 2.05) is 85.0 Å². The molecule has 0 aliphatic heterocycles. The van der Waals surface area contributed by atoms with Crippen LogP contribution in [-0.4, -0.2) is 10.9 Å². The second-order valence-electron chi connectivity index (χ2n) is 5.93. The molecule has 25 heavy (non-hydrogen) atoms. The molecule has 124 valence electrons. The van der Waals surface area contributed by atoms with Gasteiger partial charge in [-0.1, -0.05) is 85.0 Å². The summed E-state index contributed by atoms with van der Waals surface area (Å²) < 4.78 is 0. The highest BCUT2D eigenvalue weighted by Gasteiger charge is 2.05. The minimum Gasteiger partial charge on any atom is -0.512 e. The summed E-state index contributed by atoms with van der Waals surface area (Å²) in [5, 5.41) is 10.0. The van der Waals surface area contributed by atoms with Crippen LogP contribution in [0.4, 0.5) is 0 Å². The molecule has 0 saturated carbocycles. The average Bonchev–Trinajstić information content (AvgIpc) is 3.20. The van der Waals surface area contributed by atoms with E-state index in [0.717, 1.165) is 23.1 Å². The fourth-order valence-corrected chi connectivity index (χ4v) is 2.64. The van der Waals surface area contributed by atoms with E-state index >= 15 is 0 Å². The molecule has 0 heterocycles. The van der Waals surface area contributed by atoms with Gasteiger partial charge in [0, 0.05) is 17.6 Å². The van der Waals surface area contributed by atoms with E-state index in [0.29, 0.717) is 17.7 Å². The normalized spacial score (nSPS) is 12.9. The number of allylic oxidation sites excluding steroid dienone is 7. The van der Waals surface area contributed by atoms with E-state index in [1.54, 1.807) is 6.08 Å². The van der Waals surface area contributed by atoms with Crippen LogP contribution in [0.15, 0.2) is 96.3 Å². The molecule has 1 N–H and O–H groups in total. The lowest BCUT2D eigenvalue weighted by atomic mass is 10.0. The lowest BCUT2D eigenvalue weighted by Gasteiger charge is -2.04. The van der Waals surface area contributed by atoms with Gasteiger partial charge in [0.1, 0.15) is 0 Å². The summed E-state index contributed by atoms with van der Waals surface area (Å²) in [5.41, 5.74) is 3.64. The fourth-order valence-electron chi connectivity index (χ4n) is 2.64. The van der Waals surface area contributed by atoms with Gasteiger partial charge in [0.2, 0.25) is 0 Å². The van der Waals surface area contributed by atoms with Crippen molar-refractivity contribution in [2.24, 2.45) is 0 Å². The molecule has 0 spiro atoms. The Hall–Kier alpha value is -3.13. The third-order valence-corrected chi connectivity index (χ3v) is 4.11. The number of aliphatic hydroxyl groups excluding tert-OH is 1. The number of carbonyl (C=O) groups excluding carboxylic acids is 1. The first-order valence-corrected chi connectivity index (χ1v) is 8.35. The van der Waals surface area contributed by atoms with Crippen molar-refractivity contribution in [1.29, 1.82) is 0 Å². The monoisotopic (exact) mass is 328 g/mol. The molecule has 1 aliphatic carbocycles. The first-order valence-electron chi connectivity index (χ1n) is 8.35. The van der Waals surface area contributed by atoms with E-state index in [1.165, 1.54) is 0 Å². The van der Waals surface area contributed by atoms with Crippen molar-refractivity contribution in [1.82, 2.24) is 0 Å². The summed E-state index contributed by atoms with van der Waals surface area (Å²) in [6, 6.07) is 17.3. The van der Waals surface area contributed by atoms with E-state index in [2.05, 4.69) is 0 Å². The topological polar surface area (TPSA) is 37.3 Å². The molecule has 1 aliphatic rings. The molecule has 0 unspecified atom stereocenters. The second kappa shape index (κ2) is 8.11. The van der Waals surface area contributed by atoms with Gasteiger partial charge in [-0.25, -0.2) is 0 Å². The van der Waals surface area contributed by atoms with Crippen LogP contribution < -0.4 is 0 Å². The fraction of sp³-hybridized carbons (Fsp3) is 0.0870. The van der Waals surface area contributed by atoms with Crippen LogP contribution in [0.2, 0.25) is 0 Å². The highest BCUT2D eigenvalue weighted by atomic mass is 16.3. The number of aryl methyl sites for hydroxylation is 1. The molecule has 0 bridgehead atoms. The van der Waals surface area contributed by atoms with Crippen molar-refractivity contribution in [2.75, 3.05) is 0 Å². The van der Waals surface area contributed by atoms with E-state index in [4.69, 9.17) is 0 Å². The molecule has 2 heteroatoms. The van der Waals surface area contributed by atoms with Crippen molar-refractivity contribution >= 4 is 11.9 Å². The van der Waals surface area contributed by atoms with Crippen LogP contribution in [0.25, 0.3) is 6.08 Å². The van der Waals surface area contributed by atoms with Gasteiger partial charge < -0.3 is 5.11 Å². The van der Waals surface area contributed by atoms with Crippen molar-refractivity contribution in [3.8, 4) is 0 Å². The number of hydrogen-bond acceptors (Lipinski definition) is 2. The minimum atomic E-state index is -0.0124. The molecule has 0 fully saturated rings. The Labute approximate surface area is 148 Å². The van der Waals surface area contributed by atoms with Crippen molar-refractivity contribution < 1.29 is 9.90 Å². The lowest BCUT2D eigenvalue weighted by molar-refractivity contribution is 0.104. The lowest BCUT2D eigenvalue weighted by Crippen LogP contribution is -1.96. The predicted molar refractivity (Wildman–Crippen MR) is 103 cm³/mol. The summed E-state index contributed by atoms with van der Waals surface area (Å²) in [6.45, 7) is 0. The number of ketones is 1. The quantitative estimate of drug-likeness (QED) is 0.435. The first-order chi connectivity index (χ1) is 12.2. The number of rotatable bonds is 6. The van der Waals surface area contributed by atoms with Gasteiger partial charge in [-0.3, -0.25) is 4.79 Å². The summed E-state index contributed by atoms with van der Waals surface area (Å²) in [5.74, 6) is 0.387. The van der Waals surface area contributed by atoms with Gasteiger partial charge in [0.15, 0.2) is 5.78 Å². The zero-order valence-corrected chi connectivity index (χ0v) is 13.9. The van der Waals surface area contributed by atoms with Gasteiger partial charge in [-0.15, -0.1) is 0 Å². The van der Waals surface area contributed by atoms with E-state index < -0.39 is 0 Å². The zero-order chi connectivity index (χ0) is 17.5. The van der Waals surface area contributed by atoms with Crippen molar-refractivity contribution in [3.05, 3.63) is 113 Å². The standard InChI is InChI=1S/C23H20O2/c24-22(20-8-4-5-9-20)17-13-19-10-14-21(15-11-19)23(25)16-12-18-6-2-1-3-7-18/h1-12,14-16,24H,13,17H2. The molecule has 2 aromatic rings. The van der Waals surface area contributed by atoms with Gasteiger partial charge in [0.05, 0.1) is 5.76 Å². The Morgan fingerprint density at radius 2 is 1.60 bits per heavy atom. The van der Waals surface area contributed by atoms with Gasteiger partial charge >= 0.3 is 0 Å². The second-order valence-corrected chi connectivity index (χ2v) is 5.93. The van der Waals surface area contributed by atoms with Crippen LogP contribution in [-0.2, 0) is 6.42 Å². The number of hydrogen-bond donors (Lipinski definition) is 1. The molecule has 0 atom stereocenters. The average molecular weight is 328 g/mol. The van der Waals surface area contributed by atoms with Crippen LogP contribution >= 0.6 is 0 Å². The Morgan fingerprint density at radius 1 is 0.920 bits per heavy atom. The molecule has 3 rings (SSSR count). The summed E-state index contributed by atoms with van der Waals surface area (Å²) in [4.78, 5) is 12.2. The van der Waals surface area contributed by atoms with Gasteiger partial charge in [0.25, 0.3) is 0 Å². The van der Waals surface area contributed by atoms with Crippen LogP contribution in [0.1, 0.15) is 27.9 Å². The zero-order valence-electron chi connectivity index (χ0n) is 13.9. The van der Waals surface area contributed by atoms with E-state index in [-0.39, 0.29) is 5.78 Å². The number of aliphatic hydroxyl groups is 1. The molecule has 2 nitrogen and oxygen atoms in total. The molecular weight excluding hydrogens is 308 g/mol. The molecule has 0 saturated heterocycles. The van der Waals surface area contributed by atoms with Gasteiger partial charge in [-0.2, -0.15) is 0 Å². The smallest absolute Gasteiger partial charge is 0.185 e. The van der Waals surface area contributed by atoms with Crippen LogP contribution in [0.5, 0.6) is 0 Å². The minimum absolute atomic E-state index is 0.0124. The molecule has 2 aromatic carbocycles. The van der Waals surface area contributed by atoms with Crippen LogP contribution in [0.3, 0.4) is 0 Å². The SMILES string of the molecule is O=C(C=Cc1ccccc1)c1ccc(CCC(O)=C2C=CC=C2)cc1. The molecule has 0 amide bonds. The summed E-state index contributed by atoms with van der Waals surface area (Å²) in [6.07, 6.45) is 12.4. The molecule has 0 radical (unpaired) electrons. The maximum absolute atomic E-state index is 12.2. The maximum Gasteiger partial charge on any atom is 0.185 e. The first kappa shape index (κ1) is 16.7. The highest BCUT2D eigenvalue weighted by Crippen LogP contribution is 2.17. The largest absolute Gasteiger partial charge is 0.512 e. The third kappa shape index (κ3) is 4.67. The van der Waals surface area contributed by atoms with Gasteiger partial charge in [-0.05, 0) is 23.6 Å².